The van der Waals surface area contributed by atoms with Crippen molar-refractivity contribution in [1.82, 2.24) is 35.4 Å². The molecule has 0 spiro atoms. The van der Waals surface area contributed by atoms with Crippen LogP contribution in [-0.2, 0) is 4.79 Å². The molecule has 3 heterocycles. The van der Waals surface area contributed by atoms with E-state index < -0.39 is 0 Å². The molecule has 250 valence electrons. The summed E-state index contributed by atoms with van der Waals surface area (Å²) in [6.45, 7) is 21.5. The normalized spacial score (nSPS) is 16.0. The summed E-state index contributed by atoms with van der Waals surface area (Å²) in [5, 5.41) is 7.32. The average molecular weight is 633 g/mol. The number of amides is 1. The van der Waals surface area contributed by atoms with Crippen molar-refractivity contribution in [3.8, 4) is 0 Å². The first-order valence-corrected chi connectivity index (χ1v) is 16.0. The highest BCUT2D eigenvalue weighted by Crippen LogP contribution is 2.10. The van der Waals surface area contributed by atoms with E-state index in [0.717, 1.165) is 68.5 Å². The molecule has 1 aromatic carbocycles. The molecular formula is C36H53FN8O. The maximum atomic E-state index is 13.0. The Balaban J connectivity index is 0.000000260. The van der Waals surface area contributed by atoms with Gasteiger partial charge in [0.1, 0.15) is 5.82 Å². The standard InChI is InChI=1S/C16H20FN3.C14H25N3O.C6H8N2/c1-4-12-19-20-16(11-6-13(3)18-5-2)14-7-9-15(17)10-8-14;1-2-3-6-15-9-11-17(12-10-15)14(18)13-16-7-4-5-8-16;1-2-3-6-4-7-5-8-6/h4-10,18-19H,1-2,11-12H2,3H3;2-3H,4-13H2,1H3;2-5H,1H3,(H,7,8)/b13-6+,20-16+;3-2-;3-2+. The summed E-state index contributed by atoms with van der Waals surface area (Å²) in [4.78, 5) is 25.6. The fourth-order valence-electron chi connectivity index (χ4n) is 4.75. The Bertz CT molecular complexity index is 1250. The number of carbonyl (C=O) groups is 1. The van der Waals surface area contributed by atoms with Gasteiger partial charge in [-0.05, 0) is 76.7 Å². The first-order valence-electron chi connectivity index (χ1n) is 16.0. The van der Waals surface area contributed by atoms with Crippen LogP contribution in [0.2, 0.25) is 0 Å². The van der Waals surface area contributed by atoms with Gasteiger partial charge in [-0.15, -0.1) is 6.58 Å². The van der Waals surface area contributed by atoms with E-state index >= 15 is 0 Å². The summed E-state index contributed by atoms with van der Waals surface area (Å²) in [5.74, 6) is 0.0646. The van der Waals surface area contributed by atoms with Crippen molar-refractivity contribution >= 4 is 17.7 Å². The van der Waals surface area contributed by atoms with E-state index in [4.69, 9.17) is 0 Å². The number of rotatable bonds is 13. The minimum atomic E-state index is -0.257. The summed E-state index contributed by atoms with van der Waals surface area (Å²) in [7, 11) is 0. The summed E-state index contributed by atoms with van der Waals surface area (Å²) < 4.78 is 13.0. The number of likely N-dealkylation sites (tertiary alicyclic amines) is 1. The van der Waals surface area contributed by atoms with Crippen molar-refractivity contribution in [2.75, 3.05) is 58.9 Å². The van der Waals surface area contributed by atoms with Crippen molar-refractivity contribution in [2.45, 2.75) is 40.0 Å². The maximum Gasteiger partial charge on any atom is 0.236 e. The number of aromatic amines is 1. The Morgan fingerprint density at radius 1 is 1.04 bits per heavy atom. The Morgan fingerprint density at radius 3 is 2.35 bits per heavy atom. The summed E-state index contributed by atoms with van der Waals surface area (Å²) in [6.07, 6.45) is 20.1. The minimum Gasteiger partial charge on any atom is -0.366 e. The van der Waals surface area contributed by atoms with Crippen LogP contribution >= 0.6 is 0 Å². The molecule has 0 atom stereocenters. The molecule has 4 rings (SSSR count). The fourth-order valence-corrected chi connectivity index (χ4v) is 4.75. The molecule has 2 saturated heterocycles. The number of benzene rings is 1. The van der Waals surface area contributed by atoms with Crippen LogP contribution in [0.25, 0.3) is 6.08 Å². The molecule has 0 aliphatic carbocycles. The highest BCUT2D eigenvalue weighted by molar-refractivity contribution is 6.01. The van der Waals surface area contributed by atoms with Crippen LogP contribution in [0.3, 0.4) is 0 Å². The van der Waals surface area contributed by atoms with Gasteiger partial charge in [-0.2, -0.15) is 5.10 Å². The molecule has 0 saturated carbocycles. The SMILES string of the molecule is C/C=C/c1cnc[nH]1.C/C=C\CN1CCN(C(=O)CN2CCCC2)CC1.C=CCN/N=C(\C/C=C(\C)NC=C)c1ccc(F)cc1. The van der Waals surface area contributed by atoms with Crippen molar-refractivity contribution in [1.29, 1.82) is 0 Å². The van der Waals surface area contributed by atoms with Gasteiger partial charge in [0.15, 0.2) is 0 Å². The number of hydrogen-bond donors (Lipinski definition) is 3. The summed E-state index contributed by atoms with van der Waals surface area (Å²) in [5.41, 5.74) is 6.65. The largest absolute Gasteiger partial charge is 0.366 e. The molecule has 46 heavy (non-hydrogen) atoms. The Labute approximate surface area is 275 Å². The smallest absolute Gasteiger partial charge is 0.236 e. The zero-order chi connectivity index (χ0) is 33.4. The molecule has 3 N–H and O–H groups in total. The van der Waals surface area contributed by atoms with Gasteiger partial charge in [0, 0.05) is 44.8 Å². The molecule has 0 unspecified atom stereocenters. The Kier molecular flexibility index (Phi) is 19.0. The molecule has 2 aromatic rings. The van der Waals surface area contributed by atoms with Crippen LogP contribution in [0.1, 0.15) is 51.3 Å². The highest BCUT2D eigenvalue weighted by Gasteiger charge is 2.23. The molecule has 2 aliphatic rings. The van der Waals surface area contributed by atoms with Gasteiger partial charge in [0.2, 0.25) is 5.91 Å². The lowest BCUT2D eigenvalue weighted by molar-refractivity contribution is -0.133. The number of hydrogen-bond acceptors (Lipinski definition) is 7. The zero-order valence-corrected chi connectivity index (χ0v) is 27.9. The first-order chi connectivity index (χ1) is 22.4. The van der Waals surface area contributed by atoms with Gasteiger partial charge in [-0.25, -0.2) is 9.37 Å². The number of aromatic nitrogens is 2. The second kappa shape index (κ2) is 23.1. The number of allylic oxidation sites excluding steroid dienone is 4. The lowest BCUT2D eigenvalue weighted by Gasteiger charge is -2.35. The van der Waals surface area contributed by atoms with E-state index in [1.807, 2.05) is 37.0 Å². The van der Waals surface area contributed by atoms with Crippen molar-refractivity contribution in [3.63, 3.8) is 0 Å². The maximum absolute atomic E-state index is 13.0. The second-order valence-corrected chi connectivity index (χ2v) is 10.9. The van der Waals surface area contributed by atoms with Gasteiger partial charge < -0.3 is 20.6 Å². The highest BCUT2D eigenvalue weighted by atomic mass is 19.1. The predicted molar refractivity (Wildman–Crippen MR) is 190 cm³/mol. The van der Waals surface area contributed by atoms with Crippen LogP contribution in [0.5, 0.6) is 0 Å². The van der Waals surface area contributed by atoms with Gasteiger partial charge in [0.25, 0.3) is 0 Å². The summed E-state index contributed by atoms with van der Waals surface area (Å²) >= 11 is 0. The molecule has 1 amide bonds. The number of H-pyrrole nitrogens is 1. The Hall–Kier alpha value is -4.28. The molecule has 9 nitrogen and oxygen atoms in total. The lowest BCUT2D eigenvalue weighted by atomic mass is 10.1. The third-order valence-corrected chi connectivity index (χ3v) is 7.31. The number of nitrogens with one attached hydrogen (secondary N) is 3. The number of hydrazone groups is 1. The van der Waals surface area contributed by atoms with Crippen LogP contribution in [0.4, 0.5) is 4.39 Å². The van der Waals surface area contributed by atoms with Crippen LogP contribution in [0.15, 0.2) is 97.3 Å². The molecular weight excluding hydrogens is 579 g/mol. The number of piperazine rings is 1. The van der Waals surface area contributed by atoms with Crippen LogP contribution in [0, 0.1) is 5.82 Å². The molecule has 2 fully saturated rings. The monoisotopic (exact) mass is 632 g/mol. The minimum absolute atomic E-state index is 0.257. The van der Waals surface area contributed by atoms with Gasteiger partial charge in [0.05, 0.1) is 37.0 Å². The third kappa shape index (κ3) is 15.6. The number of nitrogens with zero attached hydrogens (tertiary/aromatic N) is 5. The van der Waals surface area contributed by atoms with Gasteiger partial charge in [-0.1, -0.05) is 49.1 Å². The second-order valence-electron chi connectivity index (χ2n) is 10.9. The van der Waals surface area contributed by atoms with Gasteiger partial charge >= 0.3 is 0 Å². The van der Waals surface area contributed by atoms with Crippen LogP contribution in [-0.4, -0.2) is 95.2 Å². The van der Waals surface area contributed by atoms with E-state index in [-0.39, 0.29) is 5.82 Å². The first kappa shape index (κ1) is 37.9. The third-order valence-electron chi connectivity index (χ3n) is 7.31. The molecule has 0 bridgehead atoms. The molecule has 2 aliphatic heterocycles. The van der Waals surface area contributed by atoms with Crippen LogP contribution < -0.4 is 10.7 Å². The lowest BCUT2D eigenvalue weighted by Crippen LogP contribution is -2.50. The van der Waals surface area contributed by atoms with Crippen molar-refractivity contribution < 1.29 is 9.18 Å². The fraction of sp³-hybridized carbons (Fsp3) is 0.417. The molecule has 10 heteroatoms. The summed E-state index contributed by atoms with van der Waals surface area (Å²) in [6, 6.07) is 6.29. The van der Waals surface area contributed by atoms with E-state index in [0.29, 0.717) is 25.4 Å². The quantitative estimate of drug-likeness (QED) is 0.116. The van der Waals surface area contributed by atoms with E-state index in [1.54, 1.807) is 36.9 Å². The van der Waals surface area contributed by atoms with E-state index in [1.165, 1.54) is 25.0 Å². The van der Waals surface area contributed by atoms with E-state index in [2.05, 4.69) is 67.8 Å². The zero-order valence-electron chi connectivity index (χ0n) is 27.9. The average Bonchev–Trinajstić information content (AvgIpc) is 3.78. The number of halogens is 1. The van der Waals surface area contributed by atoms with Gasteiger partial charge in [-0.3, -0.25) is 14.6 Å². The van der Waals surface area contributed by atoms with Crippen molar-refractivity contribution in [2.24, 2.45) is 5.10 Å². The predicted octanol–water partition coefficient (Wildman–Crippen LogP) is 5.58. The Morgan fingerprint density at radius 2 is 1.76 bits per heavy atom. The molecule has 0 radical (unpaired) electrons. The molecule has 1 aromatic heterocycles. The van der Waals surface area contributed by atoms with E-state index in [9.17, 15) is 9.18 Å². The number of imidazole rings is 1. The van der Waals surface area contributed by atoms with Crippen molar-refractivity contribution in [3.05, 3.63) is 109 Å². The topological polar surface area (TPSA) is 91.9 Å². The number of carbonyl (C=O) groups excluding carboxylic acids is 1.